The summed E-state index contributed by atoms with van der Waals surface area (Å²) >= 11 is 0.602. The molecule has 11 nitrogen and oxygen atoms in total. The quantitative estimate of drug-likeness (QED) is 0.118. The molecule has 1 aromatic rings. The van der Waals surface area contributed by atoms with Gasteiger partial charge in [-0.1, -0.05) is 11.8 Å². The van der Waals surface area contributed by atoms with E-state index in [1.165, 1.54) is 7.11 Å². The standard InChI is InChI=1S/C19H21F3N6O5S/c1-32-13(11(24)5-23)4-15(26)34-19-17(30)27-28(18(31)14(7-29)33-19)6-12(25)8-2-9(20)16(22)10(21)3-8/h2-4,6,14,17-19,24,26-27,29-31H,7,25H2,1H3/b12-6-,13-4+,24-11?,26-15?. The average molecular weight is 502 g/mol. The molecule has 0 aliphatic carbocycles. The van der Waals surface area contributed by atoms with Gasteiger partial charge in [0.15, 0.2) is 46.8 Å². The van der Waals surface area contributed by atoms with Crippen molar-refractivity contribution in [2.75, 3.05) is 13.7 Å². The Labute approximate surface area is 195 Å². The van der Waals surface area contributed by atoms with Gasteiger partial charge < -0.3 is 30.5 Å². The normalized spacial score (nSPS) is 23.8. The van der Waals surface area contributed by atoms with Gasteiger partial charge in [0.2, 0.25) is 0 Å². The Morgan fingerprint density at radius 3 is 2.50 bits per heavy atom. The topological polar surface area (TPSA) is 192 Å². The number of nitrogens with zero attached hydrogens (tertiary/aromatic N) is 2. The van der Waals surface area contributed by atoms with Gasteiger partial charge in [0.25, 0.3) is 0 Å². The number of nitrogens with two attached hydrogens (primary N) is 1. The fourth-order valence-electron chi connectivity index (χ4n) is 2.64. The first kappa shape index (κ1) is 27.1. The molecule has 8 N–H and O–H groups in total. The Morgan fingerprint density at radius 2 is 1.97 bits per heavy atom. The molecule has 184 valence electrons. The third-order valence-electron chi connectivity index (χ3n) is 4.32. The number of rotatable bonds is 7. The van der Waals surface area contributed by atoms with Gasteiger partial charge in [-0.15, -0.1) is 0 Å². The molecule has 1 aliphatic heterocycles. The number of hydrogen-bond acceptors (Lipinski definition) is 12. The largest absolute Gasteiger partial charge is 0.494 e. The number of aliphatic hydroxyl groups is 3. The fourth-order valence-corrected chi connectivity index (χ4v) is 3.46. The lowest BCUT2D eigenvalue weighted by Gasteiger charge is -2.28. The lowest BCUT2D eigenvalue weighted by Crippen LogP contribution is -2.50. The van der Waals surface area contributed by atoms with E-state index >= 15 is 0 Å². The number of thioether (sulfide) groups is 1. The van der Waals surface area contributed by atoms with E-state index in [-0.39, 0.29) is 22.1 Å². The molecular formula is C19H21F3N6O5S. The molecule has 15 heteroatoms. The van der Waals surface area contributed by atoms with E-state index < -0.39 is 53.8 Å². The summed E-state index contributed by atoms with van der Waals surface area (Å²) in [4.78, 5) is 0. The third kappa shape index (κ3) is 6.47. The van der Waals surface area contributed by atoms with Crippen molar-refractivity contribution >= 4 is 28.2 Å². The van der Waals surface area contributed by atoms with E-state index in [1.54, 1.807) is 6.07 Å². The van der Waals surface area contributed by atoms with Crippen LogP contribution in [0.4, 0.5) is 13.2 Å². The van der Waals surface area contributed by atoms with Crippen LogP contribution in [0.15, 0.2) is 30.2 Å². The number of nitrogens with one attached hydrogen (secondary N) is 3. The summed E-state index contributed by atoms with van der Waals surface area (Å²) in [5.74, 6) is -4.89. The van der Waals surface area contributed by atoms with Crippen molar-refractivity contribution < 1.29 is 38.0 Å². The number of allylic oxidation sites excluding steroid dienone is 1. The molecule has 0 spiro atoms. The number of methoxy groups -OCH3 is 1. The molecule has 1 heterocycles. The van der Waals surface area contributed by atoms with Gasteiger partial charge in [-0.3, -0.25) is 15.8 Å². The lowest BCUT2D eigenvalue weighted by molar-refractivity contribution is -0.107. The number of hydrazine groups is 1. The second-order valence-electron chi connectivity index (χ2n) is 6.64. The van der Waals surface area contributed by atoms with Crippen LogP contribution in [0.1, 0.15) is 5.56 Å². The van der Waals surface area contributed by atoms with Crippen molar-refractivity contribution in [3.05, 3.63) is 53.2 Å². The highest BCUT2D eigenvalue weighted by Gasteiger charge is 2.37. The van der Waals surface area contributed by atoms with Crippen LogP contribution in [-0.4, -0.2) is 68.8 Å². The summed E-state index contributed by atoms with van der Waals surface area (Å²) in [6.45, 7) is -0.748. The van der Waals surface area contributed by atoms with E-state index in [0.29, 0.717) is 23.9 Å². The Bertz CT molecular complexity index is 1030. The SMILES string of the molecule is CO/C(=C/C(=N)SC1OC(CO)C(O)N(/C=C(\N)c2cc(F)c(F)c(F)c2)NC1O)C(=N)C#N. The molecule has 1 fully saturated rings. The molecule has 4 atom stereocenters. The van der Waals surface area contributed by atoms with Crippen LogP contribution in [0.5, 0.6) is 0 Å². The monoisotopic (exact) mass is 502 g/mol. The van der Waals surface area contributed by atoms with Crippen LogP contribution in [0.2, 0.25) is 0 Å². The maximum atomic E-state index is 13.5. The first-order valence-corrected chi connectivity index (χ1v) is 10.2. The molecule has 1 aromatic carbocycles. The zero-order chi connectivity index (χ0) is 25.6. The van der Waals surface area contributed by atoms with E-state index in [4.69, 9.17) is 31.3 Å². The Kier molecular flexibility index (Phi) is 9.44. The Balaban J connectivity index is 2.28. The second kappa shape index (κ2) is 11.8. The van der Waals surface area contributed by atoms with Crippen molar-refractivity contribution in [1.29, 1.82) is 16.1 Å². The van der Waals surface area contributed by atoms with Crippen LogP contribution in [0, 0.1) is 39.6 Å². The fraction of sp³-hybridized carbons (Fsp3) is 0.316. The van der Waals surface area contributed by atoms with Gasteiger partial charge in [0, 0.05) is 17.8 Å². The van der Waals surface area contributed by atoms with Gasteiger partial charge in [0.1, 0.15) is 12.2 Å². The predicted molar refractivity (Wildman–Crippen MR) is 115 cm³/mol. The highest BCUT2D eigenvalue weighted by atomic mass is 32.2. The molecule has 0 radical (unpaired) electrons. The van der Waals surface area contributed by atoms with E-state index in [1.807, 2.05) is 0 Å². The van der Waals surface area contributed by atoms with E-state index in [2.05, 4.69) is 5.43 Å². The number of ether oxygens (including phenoxy) is 2. The highest BCUT2D eigenvalue weighted by Crippen LogP contribution is 2.26. The smallest absolute Gasteiger partial charge is 0.194 e. The molecule has 0 aromatic heterocycles. The molecule has 0 saturated carbocycles. The van der Waals surface area contributed by atoms with Crippen molar-refractivity contribution in [2.24, 2.45) is 5.73 Å². The molecule has 4 unspecified atom stereocenters. The molecule has 0 amide bonds. The molecular weight excluding hydrogens is 481 g/mol. The summed E-state index contributed by atoms with van der Waals surface area (Å²) in [5.41, 5.74) is 5.77. The van der Waals surface area contributed by atoms with Gasteiger partial charge in [-0.25, -0.2) is 18.6 Å². The van der Waals surface area contributed by atoms with Crippen LogP contribution in [-0.2, 0) is 9.47 Å². The molecule has 34 heavy (non-hydrogen) atoms. The van der Waals surface area contributed by atoms with E-state index in [9.17, 15) is 28.5 Å². The van der Waals surface area contributed by atoms with Crippen LogP contribution in [0.3, 0.4) is 0 Å². The Hall–Kier alpha value is -3.13. The first-order chi connectivity index (χ1) is 16.0. The van der Waals surface area contributed by atoms with Gasteiger partial charge in [-0.2, -0.15) is 5.26 Å². The lowest BCUT2D eigenvalue weighted by atomic mass is 10.1. The number of hydrogen-bond donors (Lipinski definition) is 7. The number of halogens is 3. The summed E-state index contributed by atoms with van der Waals surface area (Å²) in [6.07, 6.45) is -2.68. The summed E-state index contributed by atoms with van der Waals surface area (Å²) in [6, 6.07) is 2.80. The maximum absolute atomic E-state index is 13.5. The molecule has 1 aliphatic rings. The van der Waals surface area contributed by atoms with Crippen molar-refractivity contribution in [3.63, 3.8) is 0 Å². The number of benzene rings is 1. The molecule has 1 saturated heterocycles. The zero-order valence-corrected chi connectivity index (χ0v) is 18.3. The number of nitriles is 1. The Morgan fingerprint density at radius 1 is 1.35 bits per heavy atom. The minimum Gasteiger partial charge on any atom is -0.494 e. The van der Waals surface area contributed by atoms with Gasteiger partial charge in [0.05, 0.1) is 24.5 Å². The van der Waals surface area contributed by atoms with Crippen LogP contribution >= 0.6 is 11.8 Å². The first-order valence-electron chi connectivity index (χ1n) is 9.31. The minimum atomic E-state index is -1.69. The van der Waals surface area contributed by atoms with Crippen molar-refractivity contribution in [3.8, 4) is 6.07 Å². The minimum absolute atomic E-state index is 0.217. The van der Waals surface area contributed by atoms with Gasteiger partial charge >= 0.3 is 0 Å². The third-order valence-corrected chi connectivity index (χ3v) is 5.30. The summed E-state index contributed by atoms with van der Waals surface area (Å²) < 4.78 is 50.6. The van der Waals surface area contributed by atoms with Crippen LogP contribution in [0.25, 0.3) is 5.70 Å². The molecule has 2 rings (SSSR count). The average Bonchev–Trinajstić information content (AvgIpc) is 2.91. The van der Waals surface area contributed by atoms with Gasteiger partial charge in [-0.05, 0) is 12.1 Å². The van der Waals surface area contributed by atoms with Crippen LogP contribution < -0.4 is 11.2 Å². The highest BCUT2D eigenvalue weighted by molar-refractivity contribution is 8.14. The van der Waals surface area contributed by atoms with Crippen molar-refractivity contribution in [1.82, 2.24) is 10.4 Å². The summed E-state index contributed by atoms with van der Waals surface area (Å²) in [7, 11) is 1.19. The predicted octanol–water partition coefficient (Wildman–Crippen LogP) is 0.306. The number of aliphatic hydroxyl groups excluding tert-OH is 3. The maximum Gasteiger partial charge on any atom is 0.194 e. The molecule has 0 bridgehead atoms. The zero-order valence-electron chi connectivity index (χ0n) is 17.5. The summed E-state index contributed by atoms with van der Waals surface area (Å²) in [5, 5.41) is 55.4. The second-order valence-corrected chi connectivity index (χ2v) is 7.78. The van der Waals surface area contributed by atoms with Crippen molar-refractivity contribution in [2.45, 2.75) is 24.0 Å². The van der Waals surface area contributed by atoms with E-state index in [0.717, 1.165) is 17.3 Å².